The number of nitrogens with one attached hydrogen (secondary N) is 1. The van der Waals surface area contributed by atoms with E-state index in [2.05, 4.69) is 15.0 Å². The van der Waals surface area contributed by atoms with Gasteiger partial charge in [-0.1, -0.05) is 50.7 Å². The molecule has 3 fully saturated rings. The minimum absolute atomic E-state index is 0.0253. The van der Waals surface area contributed by atoms with Gasteiger partial charge >= 0.3 is 7.75 Å². The summed E-state index contributed by atoms with van der Waals surface area (Å²) in [4.78, 5) is 34.5. The van der Waals surface area contributed by atoms with Gasteiger partial charge in [-0.05, 0) is 64.5 Å². The van der Waals surface area contributed by atoms with Gasteiger partial charge in [0.1, 0.15) is 0 Å². The molecule has 10 heteroatoms. The highest BCUT2D eigenvalue weighted by atomic mass is 31.2. The summed E-state index contributed by atoms with van der Waals surface area (Å²) < 4.78 is 25.3. The average molecular weight is 559 g/mol. The zero-order valence-electron chi connectivity index (χ0n) is 23.3. The third-order valence-corrected chi connectivity index (χ3v) is 10.4. The number of carbonyl (C=O) groups excluding carboxylic acids is 1. The van der Waals surface area contributed by atoms with Gasteiger partial charge in [0, 0.05) is 24.2 Å². The maximum absolute atomic E-state index is 14.0. The molecule has 1 unspecified atom stereocenters. The predicted molar refractivity (Wildman–Crippen MR) is 152 cm³/mol. The van der Waals surface area contributed by atoms with Crippen LogP contribution in [0.4, 0.5) is 0 Å². The van der Waals surface area contributed by atoms with E-state index in [1.165, 1.54) is 51.4 Å². The zero-order valence-corrected chi connectivity index (χ0v) is 24.2. The standard InChI is InChI=1S/C29H43N4O5P/c1-3-37-39(36,38-4-2)31-28(34)27-29(35)33(26-18-11-10-17-25(26)30-27)24-19-22-15-12-16-23(20-24)32(22)21-13-8-6-5-7-9-14-21/h10-11,17-18,21-24H,3-9,12-16,19-20H2,1-2H3,(H,31,34,36)/t22-,23+,24?. The van der Waals surface area contributed by atoms with Gasteiger partial charge in [-0.2, -0.15) is 0 Å². The van der Waals surface area contributed by atoms with E-state index in [-0.39, 0.29) is 24.9 Å². The lowest BCUT2D eigenvalue weighted by molar-refractivity contribution is -0.0247. The van der Waals surface area contributed by atoms with E-state index in [4.69, 9.17) is 9.05 Å². The van der Waals surface area contributed by atoms with Crippen molar-refractivity contribution in [2.24, 2.45) is 0 Å². The first-order valence-corrected chi connectivity index (χ1v) is 16.5. The molecule has 1 aromatic heterocycles. The molecule has 3 atom stereocenters. The molecule has 1 aliphatic carbocycles. The number of aromatic nitrogens is 2. The number of rotatable bonds is 8. The summed E-state index contributed by atoms with van der Waals surface area (Å²) >= 11 is 0. The minimum Gasteiger partial charge on any atom is -0.302 e. The highest BCUT2D eigenvalue weighted by Crippen LogP contribution is 2.44. The van der Waals surface area contributed by atoms with Crippen LogP contribution < -0.4 is 10.6 Å². The Kier molecular flexibility index (Phi) is 9.22. The Hall–Kier alpha value is -2.06. The molecule has 1 saturated carbocycles. The normalized spacial score (nSPS) is 25.2. The highest BCUT2D eigenvalue weighted by molar-refractivity contribution is 7.52. The molecule has 9 nitrogen and oxygen atoms in total. The Balaban J connectivity index is 1.47. The lowest BCUT2D eigenvalue weighted by Gasteiger charge is -2.53. The Morgan fingerprint density at radius 1 is 0.897 bits per heavy atom. The number of carbonyl (C=O) groups is 1. The number of fused-ring (bicyclic) bond motifs is 3. The lowest BCUT2D eigenvalue weighted by atomic mass is 9.79. The van der Waals surface area contributed by atoms with Crippen molar-refractivity contribution < 1.29 is 18.4 Å². The van der Waals surface area contributed by atoms with Crippen molar-refractivity contribution in [1.29, 1.82) is 0 Å². The van der Waals surface area contributed by atoms with Crippen LogP contribution in [-0.2, 0) is 13.6 Å². The summed E-state index contributed by atoms with van der Waals surface area (Å²) in [5.41, 5.74) is 0.575. The van der Waals surface area contributed by atoms with Crippen LogP contribution in [-0.4, -0.2) is 51.7 Å². The van der Waals surface area contributed by atoms with Crippen LogP contribution in [0.5, 0.6) is 0 Å². The average Bonchev–Trinajstić information content (AvgIpc) is 2.88. The maximum atomic E-state index is 14.0. The first-order chi connectivity index (χ1) is 18.9. The zero-order chi connectivity index (χ0) is 27.4. The Bertz CT molecular complexity index is 1230. The van der Waals surface area contributed by atoms with Crippen molar-refractivity contribution in [3.63, 3.8) is 0 Å². The Morgan fingerprint density at radius 3 is 2.13 bits per heavy atom. The number of nitrogens with zero attached hydrogens (tertiary/aromatic N) is 3. The number of benzene rings is 1. The van der Waals surface area contributed by atoms with E-state index in [1.807, 2.05) is 24.3 Å². The van der Waals surface area contributed by atoms with Crippen LogP contribution in [0.3, 0.4) is 0 Å². The van der Waals surface area contributed by atoms with E-state index in [0.717, 1.165) is 31.2 Å². The quantitative estimate of drug-likeness (QED) is 0.398. The Morgan fingerprint density at radius 2 is 1.49 bits per heavy atom. The van der Waals surface area contributed by atoms with Crippen LogP contribution in [0.15, 0.2) is 29.1 Å². The molecule has 2 aromatic rings. The third kappa shape index (κ3) is 6.17. The van der Waals surface area contributed by atoms with Crippen molar-refractivity contribution in [2.75, 3.05) is 13.2 Å². The molecule has 0 spiro atoms. The summed E-state index contributed by atoms with van der Waals surface area (Å²) in [7, 11) is -3.91. The van der Waals surface area contributed by atoms with Crippen molar-refractivity contribution >= 4 is 24.7 Å². The molecule has 3 aliphatic rings. The van der Waals surface area contributed by atoms with Gasteiger partial charge in [-0.25, -0.2) is 9.55 Å². The van der Waals surface area contributed by atoms with Gasteiger partial charge < -0.3 is 4.57 Å². The Labute approximate surface area is 231 Å². The lowest BCUT2D eigenvalue weighted by Crippen LogP contribution is -2.57. The molecule has 2 bridgehead atoms. The van der Waals surface area contributed by atoms with Crippen molar-refractivity contribution in [3.8, 4) is 0 Å². The monoisotopic (exact) mass is 558 g/mol. The number of piperidine rings is 2. The first-order valence-electron chi connectivity index (χ1n) is 14.9. The molecule has 1 amide bonds. The second kappa shape index (κ2) is 12.6. The SMILES string of the molecule is CCOP(=O)(NC(=O)c1nc2ccccc2n(C2C[C@H]3CCC[C@@H](C2)N3C2CCCCCCC2)c1=O)OCC. The maximum Gasteiger partial charge on any atom is 0.435 e. The molecule has 1 aromatic carbocycles. The van der Waals surface area contributed by atoms with Gasteiger partial charge in [0.05, 0.1) is 24.2 Å². The molecule has 2 aliphatic heterocycles. The summed E-state index contributed by atoms with van der Waals surface area (Å²) in [5.74, 6) is -0.836. The molecule has 5 rings (SSSR count). The van der Waals surface area contributed by atoms with E-state index in [1.54, 1.807) is 18.4 Å². The number of amides is 1. The molecule has 3 heterocycles. The topological polar surface area (TPSA) is 103 Å². The van der Waals surface area contributed by atoms with E-state index < -0.39 is 19.2 Å². The second-order valence-electron chi connectivity index (χ2n) is 11.2. The highest BCUT2D eigenvalue weighted by Gasteiger charge is 2.43. The summed E-state index contributed by atoms with van der Waals surface area (Å²) in [6, 6.07) is 8.98. The van der Waals surface area contributed by atoms with Crippen LogP contribution in [0.1, 0.15) is 107 Å². The van der Waals surface area contributed by atoms with Crippen LogP contribution in [0.2, 0.25) is 0 Å². The summed E-state index contributed by atoms with van der Waals surface area (Å²) in [5, 5.41) is 2.34. The van der Waals surface area contributed by atoms with Crippen molar-refractivity contribution in [3.05, 3.63) is 40.3 Å². The van der Waals surface area contributed by atoms with Gasteiger partial charge in [-0.3, -0.25) is 28.6 Å². The molecule has 1 N–H and O–H groups in total. The number of para-hydroxylation sites is 2. The fourth-order valence-corrected chi connectivity index (χ4v) is 8.45. The fraction of sp³-hybridized carbons (Fsp3) is 0.690. The fourth-order valence-electron chi connectivity index (χ4n) is 7.21. The molecule has 39 heavy (non-hydrogen) atoms. The van der Waals surface area contributed by atoms with E-state index in [0.29, 0.717) is 23.6 Å². The van der Waals surface area contributed by atoms with Crippen LogP contribution in [0.25, 0.3) is 11.0 Å². The van der Waals surface area contributed by atoms with Crippen LogP contribution >= 0.6 is 7.75 Å². The number of hydrogen-bond acceptors (Lipinski definition) is 7. The molecular weight excluding hydrogens is 515 g/mol. The van der Waals surface area contributed by atoms with E-state index >= 15 is 0 Å². The van der Waals surface area contributed by atoms with Gasteiger partial charge in [-0.15, -0.1) is 0 Å². The predicted octanol–water partition coefficient (Wildman–Crippen LogP) is 5.98. The van der Waals surface area contributed by atoms with Gasteiger partial charge in [0.15, 0.2) is 5.69 Å². The molecular formula is C29H43N4O5P. The minimum atomic E-state index is -3.91. The number of hydrogen-bond donors (Lipinski definition) is 1. The molecule has 0 radical (unpaired) electrons. The molecule has 2 saturated heterocycles. The van der Waals surface area contributed by atoms with Crippen molar-refractivity contribution in [1.82, 2.24) is 19.5 Å². The largest absolute Gasteiger partial charge is 0.435 e. The third-order valence-electron chi connectivity index (χ3n) is 8.71. The summed E-state index contributed by atoms with van der Waals surface area (Å²) in [6.07, 6.45) is 14.5. The first kappa shape index (κ1) is 28.5. The van der Waals surface area contributed by atoms with Crippen molar-refractivity contribution in [2.45, 2.75) is 115 Å². The van der Waals surface area contributed by atoms with Gasteiger partial charge in [0.25, 0.3) is 11.5 Å². The van der Waals surface area contributed by atoms with Gasteiger partial charge in [0.2, 0.25) is 0 Å². The summed E-state index contributed by atoms with van der Waals surface area (Å²) in [6.45, 7) is 3.52. The van der Waals surface area contributed by atoms with E-state index in [9.17, 15) is 14.2 Å². The second-order valence-corrected chi connectivity index (χ2v) is 12.9. The molecule has 214 valence electrons. The smallest absolute Gasteiger partial charge is 0.302 e. The van der Waals surface area contributed by atoms with Crippen LogP contribution in [0, 0.1) is 0 Å².